The summed E-state index contributed by atoms with van der Waals surface area (Å²) >= 11 is 11.6. The smallest absolute Gasteiger partial charge is 0.336 e. The molecule has 22 heavy (non-hydrogen) atoms. The van der Waals surface area contributed by atoms with E-state index in [2.05, 4.69) is 10.4 Å². The second-order valence-corrected chi connectivity index (χ2v) is 6.22. The van der Waals surface area contributed by atoms with E-state index in [9.17, 15) is 18.0 Å². The zero-order chi connectivity index (χ0) is 17.1. The van der Waals surface area contributed by atoms with Crippen molar-refractivity contribution < 1.29 is 18.0 Å². The molecular weight excluding hydrogens is 342 g/mol. The minimum atomic E-state index is -4.75. The first-order chi connectivity index (χ1) is 9.90. The molecule has 9 heteroatoms. The molecule has 1 aromatic carbocycles. The van der Waals surface area contributed by atoms with Gasteiger partial charge in [0.2, 0.25) is 5.78 Å². The van der Waals surface area contributed by atoms with Crippen LogP contribution in [-0.4, -0.2) is 17.9 Å². The Hall–Kier alpha value is -1.47. The Morgan fingerprint density at radius 1 is 1.14 bits per heavy atom. The molecule has 0 aliphatic rings. The third-order valence-electron chi connectivity index (χ3n) is 2.37. The van der Waals surface area contributed by atoms with Gasteiger partial charge in [0.05, 0.1) is 10.0 Å². The summed E-state index contributed by atoms with van der Waals surface area (Å²) in [6, 6.07) is 4.29. The second-order valence-electron chi connectivity index (χ2n) is 5.40. The van der Waals surface area contributed by atoms with Crippen molar-refractivity contribution in [1.29, 1.82) is 0 Å². The number of ketones is 1. The van der Waals surface area contributed by atoms with E-state index >= 15 is 0 Å². The normalized spacial score (nSPS) is 13.0. The Morgan fingerprint density at radius 2 is 1.73 bits per heavy atom. The predicted octanol–water partition coefficient (Wildman–Crippen LogP) is 4.44. The van der Waals surface area contributed by atoms with Crippen molar-refractivity contribution in [2.75, 3.05) is 5.32 Å². The quantitative estimate of drug-likeness (QED) is 0.364. The third-order valence-corrected chi connectivity index (χ3v) is 3.11. The van der Waals surface area contributed by atoms with E-state index in [4.69, 9.17) is 23.2 Å². The van der Waals surface area contributed by atoms with Gasteiger partial charge in [0, 0.05) is 11.1 Å². The van der Waals surface area contributed by atoms with Crippen LogP contribution in [0.25, 0.3) is 0 Å². The Balaban J connectivity index is 3.10. The number of alkyl halides is 3. The van der Waals surface area contributed by atoms with Crippen LogP contribution in [-0.2, 0) is 4.79 Å². The third kappa shape index (κ3) is 5.73. The lowest BCUT2D eigenvalue weighted by Gasteiger charge is -2.19. The Labute approximate surface area is 135 Å². The average Bonchev–Trinajstić information content (AvgIpc) is 2.35. The van der Waals surface area contributed by atoms with E-state index < -0.39 is 23.3 Å². The number of hydrogen-bond donors (Lipinski definition) is 2. The van der Waals surface area contributed by atoms with Gasteiger partial charge < -0.3 is 5.32 Å². The number of nitrogens with zero attached hydrogens (tertiary/aromatic N) is 1. The van der Waals surface area contributed by atoms with Gasteiger partial charge in [-0.2, -0.15) is 5.10 Å². The highest BCUT2D eigenvalue weighted by atomic mass is 35.5. The van der Waals surface area contributed by atoms with E-state index in [1.54, 1.807) is 20.8 Å². The van der Waals surface area contributed by atoms with E-state index in [-0.39, 0.29) is 15.7 Å². The molecule has 0 saturated carbocycles. The largest absolute Gasteiger partial charge is 0.497 e. The van der Waals surface area contributed by atoms with Crippen molar-refractivity contribution in [2.24, 2.45) is 10.5 Å². The molecule has 1 rings (SSSR count). The summed E-state index contributed by atoms with van der Waals surface area (Å²) in [7, 11) is 0. The lowest BCUT2D eigenvalue weighted by Crippen LogP contribution is -2.37. The standard InChI is InChI=1S/C13H14Cl2F3N3O/c1-12(2,3)10(22)11(20-21-13(16,17)18)19-7-4-5-8(14)9(15)6-7/h4-6,21H,1-3H3,(H,19,20). The number of halogens is 5. The zero-order valence-corrected chi connectivity index (χ0v) is 13.5. The van der Waals surface area contributed by atoms with Gasteiger partial charge in [-0.25, -0.2) is 5.43 Å². The molecule has 0 bridgehead atoms. The van der Waals surface area contributed by atoms with Crippen molar-refractivity contribution in [2.45, 2.75) is 27.1 Å². The summed E-state index contributed by atoms with van der Waals surface area (Å²) in [6.07, 6.45) is -4.75. The van der Waals surface area contributed by atoms with Crippen LogP contribution in [0.2, 0.25) is 10.0 Å². The van der Waals surface area contributed by atoms with E-state index in [1.807, 2.05) is 0 Å². The Kier molecular flexibility index (Phi) is 5.70. The van der Waals surface area contributed by atoms with Crippen LogP contribution in [0.15, 0.2) is 23.3 Å². The maximum Gasteiger partial charge on any atom is 0.497 e. The number of anilines is 1. The highest BCUT2D eigenvalue weighted by molar-refractivity contribution is 6.45. The lowest BCUT2D eigenvalue weighted by atomic mass is 9.90. The van der Waals surface area contributed by atoms with Gasteiger partial charge in [0.1, 0.15) is 0 Å². The van der Waals surface area contributed by atoms with E-state index in [0.29, 0.717) is 0 Å². The molecule has 122 valence electrons. The molecule has 0 aliphatic heterocycles. The number of hydrazone groups is 1. The maximum absolute atomic E-state index is 12.2. The van der Waals surface area contributed by atoms with Crippen LogP contribution in [0.3, 0.4) is 0 Å². The molecule has 2 N–H and O–H groups in total. The fourth-order valence-corrected chi connectivity index (χ4v) is 1.62. The number of benzene rings is 1. The minimum Gasteiger partial charge on any atom is -0.336 e. The number of rotatable bonds is 3. The number of carbonyl (C=O) groups is 1. The molecule has 0 aromatic heterocycles. The molecular formula is C13H14Cl2F3N3O. The zero-order valence-electron chi connectivity index (χ0n) is 12.0. The van der Waals surface area contributed by atoms with Gasteiger partial charge in [-0.1, -0.05) is 44.0 Å². The van der Waals surface area contributed by atoms with Crippen LogP contribution in [0.4, 0.5) is 18.9 Å². The fraction of sp³-hybridized carbons (Fsp3) is 0.385. The van der Waals surface area contributed by atoms with Crippen molar-refractivity contribution in [3.63, 3.8) is 0 Å². The van der Waals surface area contributed by atoms with Crippen molar-refractivity contribution in [3.05, 3.63) is 28.2 Å². The van der Waals surface area contributed by atoms with Gasteiger partial charge in [-0.3, -0.25) is 4.79 Å². The number of amidine groups is 1. The number of carbonyl (C=O) groups excluding carboxylic acids is 1. The van der Waals surface area contributed by atoms with Gasteiger partial charge in [-0.05, 0) is 18.2 Å². The highest BCUT2D eigenvalue weighted by Crippen LogP contribution is 2.25. The van der Waals surface area contributed by atoms with Crippen molar-refractivity contribution in [3.8, 4) is 0 Å². The van der Waals surface area contributed by atoms with E-state index in [0.717, 1.165) is 5.43 Å². The molecule has 0 heterocycles. The molecule has 4 nitrogen and oxygen atoms in total. The first kappa shape index (κ1) is 18.6. The van der Waals surface area contributed by atoms with Crippen molar-refractivity contribution in [1.82, 2.24) is 5.43 Å². The predicted molar refractivity (Wildman–Crippen MR) is 81.2 cm³/mol. The Morgan fingerprint density at radius 3 is 2.18 bits per heavy atom. The molecule has 0 radical (unpaired) electrons. The number of hydrogen-bond acceptors (Lipinski definition) is 3. The maximum atomic E-state index is 12.2. The topological polar surface area (TPSA) is 53.5 Å². The van der Waals surface area contributed by atoms with Gasteiger partial charge >= 0.3 is 6.30 Å². The average molecular weight is 356 g/mol. The first-order valence-corrected chi connectivity index (χ1v) is 6.84. The molecule has 0 fully saturated rings. The van der Waals surface area contributed by atoms with Crippen LogP contribution in [0.5, 0.6) is 0 Å². The summed E-state index contributed by atoms with van der Waals surface area (Å²) in [6.45, 7) is 4.69. The second kappa shape index (κ2) is 6.75. The van der Waals surface area contributed by atoms with Crippen molar-refractivity contribution >= 4 is 40.5 Å². The monoisotopic (exact) mass is 355 g/mol. The van der Waals surface area contributed by atoms with Crippen LogP contribution >= 0.6 is 23.2 Å². The molecule has 0 unspecified atom stereocenters. The molecule has 1 aromatic rings. The summed E-state index contributed by atoms with van der Waals surface area (Å²) in [5.74, 6) is -1.08. The summed E-state index contributed by atoms with van der Waals surface area (Å²) in [5, 5.41) is 6.11. The molecule has 0 saturated heterocycles. The molecule has 0 atom stereocenters. The highest BCUT2D eigenvalue weighted by Gasteiger charge is 2.30. The summed E-state index contributed by atoms with van der Waals surface area (Å²) < 4.78 is 36.7. The number of Topliss-reactive ketones (excluding diaryl/α,β-unsaturated/α-hetero) is 1. The minimum absolute atomic E-state index is 0.193. The van der Waals surface area contributed by atoms with Gasteiger partial charge in [0.25, 0.3) is 0 Å². The summed E-state index contributed by atoms with van der Waals surface area (Å²) in [5.41, 5.74) is 0.332. The first-order valence-electron chi connectivity index (χ1n) is 6.08. The Bertz CT molecular complexity index is 595. The van der Waals surface area contributed by atoms with Gasteiger partial charge in [0.15, 0.2) is 5.84 Å². The van der Waals surface area contributed by atoms with Crippen LogP contribution in [0.1, 0.15) is 20.8 Å². The number of nitrogens with one attached hydrogen (secondary N) is 2. The molecule has 0 spiro atoms. The summed E-state index contributed by atoms with van der Waals surface area (Å²) in [4.78, 5) is 12.2. The van der Waals surface area contributed by atoms with Crippen LogP contribution < -0.4 is 10.7 Å². The SMILES string of the molecule is CC(C)(C)C(=O)C(=NNC(F)(F)F)Nc1ccc(Cl)c(Cl)c1. The van der Waals surface area contributed by atoms with E-state index in [1.165, 1.54) is 18.2 Å². The molecule has 0 aliphatic carbocycles. The fourth-order valence-electron chi connectivity index (χ4n) is 1.32. The van der Waals surface area contributed by atoms with Crippen LogP contribution in [0, 0.1) is 5.41 Å². The lowest BCUT2D eigenvalue weighted by molar-refractivity contribution is -0.156. The van der Waals surface area contributed by atoms with Gasteiger partial charge in [-0.15, -0.1) is 13.2 Å². The molecule has 0 amide bonds.